The number of hydrogen-bond donors (Lipinski definition) is 2. The fraction of sp³-hybridized carbons (Fsp3) is 0.450. The molecule has 1 aliphatic rings. The third kappa shape index (κ3) is 3.76. The summed E-state index contributed by atoms with van der Waals surface area (Å²) in [4.78, 5) is 4.16. The van der Waals surface area contributed by atoms with Gasteiger partial charge in [-0.15, -0.1) is 0 Å². The number of aliphatic hydroxyl groups is 1. The smallest absolute Gasteiger partial charge is 0.182 e. The van der Waals surface area contributed by atoms with Gasteiger partial charge >= 0.3 is 0 Å². The number of anilines is 1. The lowest BCUT2D eigenvalue weighted by Crippen LogP contribution is -2.20. The highest BCUT2D eigenvalue weighted by atomic mass is 16.6. The molecule has 2 N–H and O–H groups in total. The van der Waals surface area contributed by atoms with Crippen LogP contribution in [0.4, 0.5) is 5.69 Å². The van der Waals surface area contributed by atoms with E-state index in [-0.39, 0.29) is 0 Å². The predicted octanol–water partition coefficient (Wildman–Crippen LogP) is 3.27. The molecule has 0 fully saturated rings. The van der Waals surface area contributed by atoms with Crippen molar-refractivity contribution in [2.24, 2.45) is 0 Å². The summed E-state index contributed by atoms with van der Waals surface area (Å²) in [5, 5.41) is 13.5. The van der Waals surface area contributed by atoms with Crippen LogP contribution < -0.4 is 14.8 Å². The van der Waals surface area contributed by atoms with E-state index in [2.05, 4.69) is 16.4 Å². The second-order valence-electron chi connectivity index (χ2n) is 6.42. The van der Waals surface area contributed by atoms with Gasteiger partial charge in [-0.25, -0.2) is 0 Å². The van der Waals surface area contributed by atoms with Crippen LogP contribution in [0, 0.1) is 0 Å². The number of hydrogen-bond acceptors (Lipinski definition) is 6. The Bertz CT molecular complexity index is 733. The van der Waals surface area contributed by atoms with E-state index in [9.17, 15) is 5.11 Å². The quantitative estimate of drug-likeness (QED) is 0.740. The molecular formula is C20H26N2O4. The average molecular weight is 358 g/mol. The Morgan fingerprint density at radius 1 is 1.27 bits per heavy atom. The number of methoxy groups -OCH3 is 3. The molecule has 6 nitrogen and oxygen atoms in total. The minimum absolute atomic E-state index is 0.312. The van der Waals surface area contributed by atoms with Crippen molar-refractivity contribution < 1.29 is 19.3 Å². The molecule has 3 rings (SSSR count). The monoisotopic (exact) mass is 358 g/mol. The summed E-state index contributed by atoms with van der Waals surface area (Å²) in [6.45, 7) is 0.727. The largest absolute Gasteiger partial charge is 0.497 e. The second-order valence-corrected chi connectivity index (χ2v) is 6.42. The number of nitrogens with zero attached hydrogens (tertiary/aromatic N) is 1. The molecule has 0 aliphatic heterocycles. The van der Waals surface area contributed by atoms with Crippen molar-refractivity contribution in [2.75, 3.05) is 33.2 Å². The molecule has 2 atom stereocenters. The van der Waals surface area contributed by atoms with E-state index in [1.807, 2.05) is 6.07 Å². The van der Waals surface area contributed by atoms with Crippen molar-refractivity contribution in [3.05, 3.63) is 47.3 Å². The summed E-state index contributed by atoms with van der Waals surface area (Å²) in [5.41, 5.74) is 3.98. The van der Waals surface area contributed by atoms with Gasteiger partial charge < -0.3 is 24.6 Å². The topological polar surface area (TPSA) is 72.8 Å². The summed E-state index contributed by atoms with van der Waals surface area (Å²) in [7, 11) is 4.85. The Hall–Kier alpha value is -2.31. The molecule has 26 heavy (non-hydrogen) atoms. The fourth-order valence-electron chi connectivity index (χ4n) is 3.63. The highest BCUT2D eigenvalue weighted by Crippen LogP contribution is 2.41. The van der Waals surface area contributed by atoms with Gasteiger partial charge in [-0.1, -0.05) is 0 Å². The summed E-state index contributed by atoms with van der Waals surface area (Å²) >= 11 is 0. The van der Waals surface area contributed by atoms with Crippen LogP contribution in [0.1, 0.15) is 41.7 Å². The molecule has 1 aliphatic carbocycles. The first kappa shape index (κ1) is 18.5. The molecule has 1 aromatic carbocycles. The molecule has 1 heterocycles. The van der Waals surface area contributed by atoms with Crippen LogP contribution in [0.15, 0.2) is 30.6 Å². The third-order valence-electron chi connectivity index (χ3n) is 4.95. The minimum Gasteiger partial charge on any atom is -0.497 e. The van der Waals surface area contributed by atoms with E-state index >= 15 is 0 Å². The van der Waals surface area contributed by atoms with Crippen molar-refractivity contribution in [1.82, 2.24) is 4.98 Å². The number of aryl methyl sites for hydroxylation is 1. The Kier molecular flexibility index (Phi) is 5.96. The number of benzene rings is 1. The van der Waals surface area contributed by atoms with Crippen LogP contribution in [0.2, 0.25) is 0 Å². The van der Waals surface area contributed by atoms with Gasteiger partial charge in [-0.05, 0) is 37.0 Å². The van der Waals surface area contributed by atoms with Crippen LogP contribution in [0.25, 0.3) is 0 Å². The number of ether oxygens (including phenoxy) is 3. The summed E-state index contributed by atoms with van der Waals surface area (Å²) in [6.07, 6.45) is 5.61. The minimum atomic E-state index is -0.974. The van der Waals surface area contributed by atoms with E-state index in [4.69, 9.17) is 14.2 Å². The van der Waals surface area contributed by atoms with Gasteiger partial charge in [-0.3, -0.25) is 4.98 Å². The highest BCUT2D eigenvalue weighted by Gasteiger charge is 2.25. The first-order valence-electron chi connectivity index (χ1n) is 8.81. The zero-order valence-corrected chi connectivity index (χ0v) is 15.5. The number of rotatable bonds is 7. The lowest BCUT2D eigenvalue weighted by Gasteiger charge is -2.29. The molecule has 0 bridgehead atoms. The molecule has 0 saturated heterocycles. The molecule has 0 saturated carbocycles. The van der Waals surface area contributed by atoms with Crippen LogP contribution in [0.3, 0.4) is 0 Å². The normalized spacial score (nSPS) is 17.3. The van der Waals surface area contributed by atoms with Crippen LogP contribution in [0.5, 0.6) is 11.5 Å². The van der Waals surface area contributed by atoms with E-state index in [0.29, 0.717) is 11.5 Å². The molecule has 0 amide bonds. The van der Waals surface area contributed by atoms with Crippen molar-refractivity contribution in [1.29, 1.82) is 0 Å². The van der Waals surface area contributed by atoms with Gasteiger partial charge in [-0.2, -0.15) is 0 Å². The molecule has 2 unspecified atom stereocenters. The molecule has 140 valence electrons. The van der Waals surface area contributed by atoms with E-state index in [1.54, 1.807) is 32.7 Å². The maximum atomic E-state index is 10.0. The summed E-state index contributed by atoms with van der Waals surface area (Å²) in [6, 6.07) is 5.81. The zero-order valence-electron chi connectivity index (χ0n) is 15.5. The summed E-state index contributed by atoms with van der Waals surface area (Å²) < 4.78 is 16.1. The Balaban J connectivity index is 1.84. The predicted molar refractivity (Wildman–Crippen MR) is 99.9 cm³/mol. The zero-order chi connectivity index (χ0) is 18.5. The van der Waals surface area contributed by atoms with Gasteiger partial charge in [0.1, 0.15) is 11.5 Å². The molecule has 0 spiro atoms. The van der Waals surface area contributed by atoms with E-state index in [1.165, 1.54) is 18.2 Å². The van der Waals surface area contributed by atoms with Gasteiger partial charge in [0.15, 0.2) is 6.29 Å². The first-order chi connectivity index (χ1) is 12.7. The Morgan fingerprint density at radius 3 is 2.85 bits per heavy atom. The van der Waals surface area contributed by atoms with Crippen molar-refractivity contribution in [2.45, 2.75) is 31.5 Å². The number of nitrogens with one attached hydrogen (secondary N) is 1. The second kappa shape index (κ2) is 8.38. The molecule has 6 heteroatoms. The lowest BCUT2D eigenvalue weighted by atomic mass is 9.82. The van der Waals surface area contributed by atoms with Crippen LogP contribution in [-0.2, 0) is 11.2 Å². The standard InChI is InChI=1S/C20H26N2O4/c1-24-15-9-13-5-4-6-14(19(13)18(10-15)25-2)11-22-17-12-21-8-7-16(17)20(23)26-3/h7-10,12,14,20,22-23H,4-6,11H2,1-3H3. The highest BCUT2D eigenvalue weighted by molar-refractivity contribution is 5.53. The molecule has 2 aromatic rings. The van der Waals surface area contributed by atoms with Gasteiger partial charge in [0.2, 0.25) is 0 Å². The van der Waals surface area contributed by atoms with Gasteiger partial charge in [0.25, 0.3) is 0 Å². The average Bonchev–Trinajstić information content (AvgIpc) is 2.70. The van der Waals surface area contributed by atoms with Gasteiger partial charge in [0, 0.05) is 43.0 Å². The molecule has 0 radical (unpaired) electrons. The fourth-order valence-corrected chi connectivity index (χ4v) is 3.63. The molecular weight excluding hydrogens is 332 g/mol. The maximum absolute atomic E-state index is 10.0. The van der Waals surface area contributed by atoms with Crippen LogP contribution >= 0.6 is 0 Å². The summed E-state index contributed by atoms with van der Waals surface area (Å²) in [5.74, 6) is 2.01. The number of fused-ring (bicyclic) bond motifs is 1. The lowest BCUT2D eigenvalue weighted by molar-refractivity contribution is -0.0764. The Morgan fingerprint density at radius 2 is 2.12 bits per heavy atom. The Labute approximate surface area is 154 Å². The van der Waals surface area contributed by atoms with E-state index in [0.717, 1.165) is 43.0 Å². The number of aliphatic hydroxyl groups excluding tert-OH is 1. The van der Waals surface area contributed by atoms with Gasteiger partial charge in [0.05, 0.1) is 26.1 Å². The number of pyridine rings is 1. The third-order valence-corrected chi connectivity index (χ3v) is 4.95. The first-order valence-corrected chi connectivity index (χ1v) is 8.81. The van der Waals surface area contributed by atoms with Crippen molar-refractivity contribution in [3.63, 3.8) is 0 Å². The maximum Gasteiger partial charge on any atom is 0.182 e. The van der Waals surface area contributed by atoms with Crippen molar-refractivity contribution >= 4 is 5.69 Å². The van der Waals surface area contributed by atoms with E-state index < -0.39 is 6.29 Å². The van der Waals surface area contributed by atoms with Crippen LogP contribution in [-0.4, -0.2) is 38.0 Å². The SMILES string of the molecule is COc1cc2c(c(OC)c1)C(CNc1cnccc1C(O)OC)CCC2. The number of aromatic nitrogens is 1. The molecule has 1 aromatic heterocycles. The van der Waals surface area contributed by atoms with Crippen molar-refractivity contribution in [3.8, 4) is 11.5 Å².